The molecule has 1 aliphatic rings. The molecule has 2 rings (SSSR count). The third-order valence-electron chi connectivity index (χ3n) is 4.03. The number of thioether (sulfide) groups is 1. The minimum atomic E-state index is 0.145. The SMILES string of the molecule is CSC1(Cn2c(C(C)(C)C)c[nH]c2=S)CCCC1. The van der Waals surface area contributed by atoms with Crippen LogP contribution in [0.3, 0.4) is 0 Å². The lowest BCUT2D eigenvalue weighted by Crippen LogP contribution is -2.30. The first-order chi connectivity index (χ1) is 8.38. The van der Waals surface area contributed by atoms with Crippen molar-refractivity contribution in [2.45, 2.75) is 63.2 Å². The van der Waals surface area contributed by atoms with E-state index in [4.69, 9.17) is 12.2 Å². The molecule has 0 radical (unpaired) electrons. The number of imidazole rings is 1. The molecule has 1 aromatic rings. The van der Waals surface area contributed by atoms with Gasteiger partial charge in [0.25, 0.3) is 0 Å². The molecular weight excluding hydrogens is 260 g/mol. The first kappa shape index (κ1) is 14.2. The van der Waals surface area contributed by atoms with Crippen LogP contribution in [-0.4, -0.2) is 20.6 Å². The second-order valence-corrected chi connectivity index (χ2v) is 8.07. The summed E-state index contributed by atoms with van der Waals surface area (Å²) >= 11 is 7.50. The summed E-state index contributed by atoms with van der Waals surface area (Å²) in [6.45, 7) is 7.81. The van der Waals surface area contributed by atoms with Crippen LogP contribution in [0.2, 0.25) is 0 Å². The highest BCUT2D eigenvalue weighted by Crippen LogP contribution is 2.42. The third kappa shape index (κ3) is 2.69. The minimum Gasteiger partial charge on any atom is -0.337 e. The van der Waals surface area contributed by atoms with E-state index < -0.39 is 0 Å². The summed E-state index contributed by atoms with van der Waals surface area (Å²) in [4.78, 5) is 3.23. The molecule has 0 aliphatic heterocycles. The molecule has 0 saturated heterocycles. The van der Waals surface area contributed by atoms with Crippen LogP contribution >= 0.6 is 24.0 Å². The average molecular weight is 284 g/mol. The predicted molar refractivity (Wildman–Crippen MR) is 83.0 cm³/mol. The van der Waals surface area contributed by atoms with Gasteiger partial charge in [-0.05, 0) is 31.3 Å². The van der Waals surface area contributed by atoms with Crippen molar-refractivity contribution in [2.24, 2.45) is 0 Å². The second-order valence-electron chi connectivity index (χ2n) is 6.41. The summed E-state index contributed by atoms with van der Waals surface area (Å²) in [7, 11) is 0. The summed E-state index contributed by atoms with van der Waals surface area (Å²) in [5.41, 5.74) is 1.47. The number of aromatic nitrogens is 2. The van der Waals surface area contributed by atoms with E-state index in [-0.39, 0.29) is 5.41 Å². The maximum Gasteiger partial charge on any atom is 0.177 e. The fraction of sp³-hybridized carbons (Fsp3) is 0.786. The van der Waals surface area contributed by atoms with Crippen LogP contribution in [0.25, 0.3) is 0 Å². The maximum absolute atomic E-state index is 5.47. The monoisotopic (exact) mass is 284 g/mol. The van der Waals surface area contributed by atoms with E-state index >= 15 is 0 Å². The van der Waals surface area contributed by atoms with Gasteiger partial charge in [-0.25, -0.2) is 0 Å². The Morgan fingerprint density at radius 2 is 2.00 bits per heavy atom. The zero-order valence-electron chi connectivity index (χ0n) is 11.9. The number of nitrogens with zero attached hydrogens (tertiary/aromatic N) is 1. The highest BCUT2D eigenvalue weighted by Gasteiger charge is 2.35. The Morgan fingerprint density at radius 3 is 2.50 bits per heavy atom. The molecule has 1 heterocycles. The molecule has 1 N–H and O–H groups in total. The maximum atomic E-state index is 5.47. The Balaban J connectivity index is 2.34. The van der Waals surface area contributed by atoms with Gasteiger partial charge >= 0.3 is 0 Å². The molecule has 1 saturated carbocycles. The molecule has 0 amide bonds. The zero-order chi connectivity index (χ0) is 13.4. The van der Waals surface area contributed by atoms with Crippen molar-refractivity contribution in [1.29, 1.82) is 0 Å². The summed E-state index contributed by atoms with van der Waals surface area (Å²) in [5, 5.41) is 0. The van der Waals surface area contributed by atoms with Crippen LogP contribution in [0, 0.1) is 4.77 Å². The Bertz CT molecular complexity index is 459. The third-order valence-corrected chi connectivity index (χ3v) is 5.77. The van der Waals surface area contributed by atoms with Gasteiger partial charge < -0.3 is 9.55 Å². The highest BCUT2D eigenvalue weighted by molar-refractivity contribution is 8.00. The Kier molecular flexibility index (Phi) is 3.98. The van der Waals surface area contributed by atoms with Crippen LogP contribution < -0.4 is 0 Å². The van der Waals surface area contributed by atoms with Gasteiger partial charge in [-0.2, -0.15) is 11.8 Å². The smallest absolute Gasteiger partial charge is 0.177 e. The summed E-state index contributed by atoms with van der Waals surface area (Å²) in [5.74, 6) is 0. The van der Waals surface area contributed by atoms with Crippen molar-refractivity contribution < 1.29 is 0 Å². The fourth-order valence-corrected chi connectivity index (χ4v) is 4.08. The lowest BCUT2D eigenvalue weighted by atomic mass is 9.92. The largest absolute Gasteiger partial charge is 0.337 e. The van der Waals surface area contributed by atoms with Crippen LogP contribution in [0.15, 0.2) is 6.20 Å². The van der Waals surface area contributed by atoms with Crippen molar-refractivity contribution in [3.05, 3.63) is 16.7 Å². The number of hydrogen-bond acceptors (Lipinski definition) is 2. The first-order valence-electron chi connectivity index (χ1n) is 6.72. The molecule has 1 aromatic heterocycles. The predicted octanol–water partition coefficient (Wildman–Crippen LogP) is 4.52. The van der Waals surface area contributed by atoms with E-state index in [0.29, 0.717) is 4.75 Å². The van der Waals surface area contributed by atoms with Gasteiger partial charge in [-0.3, -0.25) is 0 Å². The lowest BCUT2D eigenvalue weighted by molar-refractivity contribution is 0.452. The van der Waals surface area contributed by atoms with Crippen LogP contribution in [0.4, 0.5) is 0 Å². The molecule has 102 valence electrons. The van der Waals surface area contributed by atoms with Crippen molar-refractivity contribution in [3.63, 3.8) is 0 Å². The van der Waals surface area contributed by atoms with Gasteiger partial charge in [0, 0.05) is 28.6 Å². The summed E-state index contributed by atoms with van der Waals surface area (Å²) < 4.78 is 3.61. The molecule has 2 nitrogen and oxygen atoms in total. The molecule has 1 aliphatic carbocycles. The Hall–Kier alpha value is -0.220. The molecule has 18 heavy (non-hydrogen) atoms. The van der Waals surface area contributed by atoms with Crippen molar-refractivity contribution >= 4 is 24.0 Å². The Morgan fingerprint density at radius 1 is 1.39 bits per heavy atom. The number of H-pyrrole nitrogens is 1. The average Bonchev–Trinajstić information content (AvgIpc) is 2.87. The molecular formula is C14H24N2S2. The van der Waals surface area contributed by atoms with E-state index in [1.807, 2.05) is 11.8 Å². The Labute approximate surface area is 120 Å². The minimum absolute atomic E-state index is 0.145. The van der Waals surface area contributed by atoms with Crippen LogP contribution in [-0.2, 0) is 12.0 Å². The highest BCUT2D eigenvalue weighted by atomic mass is 32.2. The number of nitrogens with one attached hydrogen (secondary N) is 1. The normalized spacial score (nSPS) is 19.3. The van der Waals surface area contributed by atoms with E-state index in [2.05, 4.69) is 42.8 Å². The van der Waals surface area contributed by atoms with Crippen molar-refractivity contribution in [2.75, 3.05) is 6.26 Å². The van der Waals surface area contributed by atoms with Gasteiger partial charge in [0.15, 0.2) is 4.77 Å². The molecule has 1 fully saturated rings. The van der Waals surface area contributed by atoms with Gasteiger partial charge in [0.1, 0.15) is 0 Å². The van der Waals surface area contributed by atoms with Gasteiger partial charge in [0.05, 0.1) is 0 Å². The molecule has 0 spiro atoms. The van der Waals surface area contributed by atoms with E-state index in [1.165, 1.54) is 31.4 Å². The van der Waals surface area contributed by atoms with Gasteiger partial charge in [-0.15, -0.1) is 0 Å². The molecule has 4 heteroatoms. The molecule has 0 bridgehead atoms. The van der Waals surface area contributed by atoms with E-state index in [9.17, 15) is 0 Å². The standard InChI is InChI=1S/C14H24N2S2/c1-13(2,3)11-9-15-12(17)16(11)10-14(18-4)7-5-6-8-14/h9H,5-8,10H2,1-4H3,(H,15,17). The van der Waals surface area contributed by atoms with Gasteiger partial charge in [0.2, 0.25) is 0 Å². The van der Waals surface area contributed by atoms with E-state index in [1.54, 1.807) is 0 Å². The number of rotatable bonds is 3. The van der Waals surface area contributed by atoms with Crippen molar-refractivity contribution in [3.8, 4) is 0 Å². The number of aromatic amines is 1. The molecule has 0 unspecified atom stereocenters. The molecule has 0 atom stereocenters. The van der Waals surface area contributed by atoms with Crippen molar-refractivity contribution in [1.82, 2.24) is 9.55 Å². The first-order valence-corrected chi connectivity index (χ1v) is 8.35. The summed E-state index contributed by atoms with van der Waals surface area (Å²) in [6, 6.07) is 0. The second kappa shape index (κ2) is 5.04. The van der Waals surface area contributed by atoms with Gasteiger partial charge in [-0.1, -0.05) is 33.6 Å². The lowest BCUT2D eigenvalue weighted by Gasteiger charge is -2.30. The zero-order valence-corrected chi connectivity index (χ0v) is 13.5. The summed E-state index contributed by atoms with van der Waals surface area (Å²) in [6.07, 6.45) is 9.71. The quantitative estimate of drug-likeness (QED) is 0.824. The topological polar surface area (TPSA) is 20.7 Å². The number of hydrogen-bond donors (Lipinski definition) is 1. The molecule has 0 aromatic carbocycles. The van der Waals surface area contributed by atoms with Crippen LogP contribution in [0.5, 0.6) is 0 Å². The van der Waals surface area contributed by atoms with E-state index in [0.717, 1.165) is 11.3 Å². The van der Waals surface area contributed by atoms with Crippen LogP contribution in [0.1, 0.15) is 52.1 Å². The fourth-order valence-electron chi connectivity index (χ4n) is 2.91.